The molecule has 0 saturated heterocycles. The number of benzene rings is 3. The van der Waals surface area contributed by atoms with E-state index in [2.05, 4.69) is 0 Å². The zero-order chi connectivity index (χ0) is 28.9. The summed E-state index contributed by atoms with van der Waals surface area (Å²) in [5.41, 5.74) is 3.75. The van der Waals surface area contributed by atoms with E-state index >= 15 is 0 Å². The summed E-state index contributed by atoms with van der Waals surface area (Å²) in [5.74, 6) is 1.47. The Balaban J connectivity index is 1.58. The van der Waals surface area contributed by atoms with Crippen LogP contribution in [0.5, 0.6) is 11.5 Å². The van der Waals surface area contributed by atoms with Gasteiger partial charge in [0.25, 0.3) is 5.91 Å². The van der Waals surface area contributed by atoms with Crippen molar-refractivity contribution in [1.29, 1.82) is 0 Å². The molecule has 0 unspecified atom stereocenters. The quantitative estimate of drug-likeness (QED) is 0.145. The van der Waals surface area contributed by atoms with Crippen LogP contribution in [-0.2, 0) is 16.1 Å². The van der Waals surface area contributed by atoms with Gasteiger partial charge in [0, 0.05) is 24.6 Å². The van der Waals surface area contributed by atoms with Crippen molar-refractivity contribution >= 4 is 11.9 Å². The predicted molar refractivity (Wildman–Crippen MR) is 160 cm³/mol. The molecule has 3 aromatic rings. The highest BCUT2D eigenvalue weighted by atomic mass is 16.5. The average Bonchev–Trinajstić information content (AvgIpc) is 2.93. The molecule has 0 aliphatic carbocycles. The zero-order valence-corrected chi connectivity index (χ0v) is 24.5. The monoisotopic (exact) mass is 545 g/mol. The molecule has 1 amide bonds. The van der Waals surface area contributed by atoms with E-state index in [1.54, 1.807) is 0 Å². The van der Waals surface area contributed by atoms with Gasteiger partial charge in [-0.25, -0.2) is 0 Å². The second kappa shape index (κ2) is 15.7. The summed E-state index contributed by atoms with van der Waals surface area (Å²) in [6.45, 7) is 11.4. The molecule has 0 heterocycles. The van der Waals surface area contributed by atoms with Crippen LogP contribution in [0.4, 0.5) is 0 Å². The molecule has 0 atom stereocenters. The van der Waals surface area contributed by atoms with Crippen molar-refractivity contribution in [3.05, 3.63) is 83.9 Å². The molecule has 214 valence electrons. The topological polar surface area (TPSA) is 65.1 Å². The fourth-order valence-electron chi connectivity index (χ4n) is 4.38. The number of esters is 1. The van der Waals surface area contributed by atoms with Gasteiger partial charge < -0.3 is 19.1 Å². The minimum Gasteiger partial charge on any atom is -0.494 e. The van der Waals surface area contributed by atoms with Crippen LogP contribution in [0, 0.1) is 0 Å². The highest BCUT2D eigenvalue weighted by Crippen LogP contribution is 2.26. The average molecular weight is 546 g/mol. The molecular formula is C34H43NO5. The molecule has 3 aromatic carbocycles. The number of nitrogens with zero attached hydrogens (tertiary/aromatic N) is 1. The minimum atomic E-state index is -0.140. The molecule has 0 aliphatic rings. The van der Waals surface area contributed by atoms with Gasteiger partial charge in [0.15, 0.2) is 0 Å². The Bertz CT molecular complexity index is 1220. The summed E-state index contributed by atoms with van der Waals surface area (Å²) in [7, 11) is 0. The van der Waals surface area contributed by atoms with E-state index in [9.17, 15) is 9.59 Å². The number of unbranched alkanes of at least 4 members (excludes halogenated alkanes) is 2. The smallest absolute Gasteiger partial charge is 0.305 e. The summed E-state index contributed by atoms with van der Waals surface area (Å²) in [6, 6.07) is 23.7. The molecule has 0 bridgehead atoms. The van der Waals surface area contributed by atoms with E-state index in [-0.39, 0.29) is 24.0 Å². The first-order valence-electron chi connectivity index (χ1n) is 14.3. The molecule has 0 spiro atoms. The van der Waals surface area contributed by atoms with Gasteiger partial charge in [0.1, 0.15) is 11.5 Å². The lowest BCUT2D eigenvalue weighted by Crippen LogP contribution is -2.36. The van der Waals surface area contributed by atoms with Crippen LogP contribution >= 0.6 is 0 Å². The maximum absolute atomic E-state index is 13.5. The van der Waals surface area contributed by atoms with E-state index in [0.29, 0.717) is 31.7 Å². The lowest BCUT2D eigenvalue weighted by atomic mass is 10.0. The number of ether oxygens (including phenoxy) is 3. The van der Waals surface area contributed by atoms with Crippen molar-refractivity contribution < 1.29 is 23.8 Å². The van der Waals surface area contributed by atoms with E-state index in [1.165, 1.54) is 0 Å². The van der Waals surface area contributed by atoms with Crippen LogP contribution < -0.4 is 9.47 Å². The number of carbonyl (C=O) groups excluding carboxylic acids is 2. The van der Waals surface area contributed by atoms with Crippen LogP contribution in [0.25, 0.3) is 11.1 Å². The van der Waals surface area contributed by atoms with Crippen molar-refractivity contribution in [2.24, 2.45) is 0 Å². The first kappa shape index (κ1) is 30.7. The van der Waals surface area contributed by atoms with E-state index in [4.69, 9.17) is 14.2 Å². The number of amides is 1. The number of carbonyl (C=O) groups is 2. The second-order valence-electron chi connectivity index (χ2n) is 10.4. The third-order valence-corrected chi connectivity index (χ3v) is 6.41. The Morgan fingerprint density at radius 2 is 1.52 bits per heavy atom. The Hall–Kier alpha value is -3.80. The highest BCUT2D eigenvalue weighted by molar-refractivity contribution is 5.95. The van der Waals surface area contributed by atoms with Gasteiger partial charge in [-0.2, -0.15) is 0 Å². The maximum atomic E-state index is 13.5. The van der Waals surface area contributed by atoms with Crippen molar-refractivity contribution in [3.63, 3.8) is 0 Å². The van der Waals surface area contributed by atoms with E-state index in [0.717, 1.165) is 47.5 Å². The SMILES string of the molecule is CCOC(=O)CCCCCOc1cccc(CN(C(=O)c2ccc(-c3cccc(OC(C)C)c3)cc2)C(C)C)c1. The molecule has 0 fully saturated rings. The highest BCUT2D eigenvalue weighted by Gasteiger charge is 2.19. The van der Waals surface area contributed by atoms with Crippen molar-refractivity contribution in [2.45, 2.75) is 79.0 Å². The van der Waals surface area contributed by atoms with Gasteiger partial charge in [-0.3, -0.25) is 9.59 Å². The molecule has 0 saturated carbocycles. The molecule has 3 rings (SSSR count). The zero-order valence-electron chi connectivity index (χ0n) is 24.5. The molecule has 0 aliphatic heterocycles. The fourth-order valence-corrected chi connectivity index (χ4v) is 4.38. The third-order valence-electron chi connectivity index (χ3n) is 6.41. The van der Waals surface area contributed by atoms with Crippen LogP contribution in [-0.4, -0.2) is 42.1 Å². The summed E-state index contributed by atoms with van der Waals surface area (Å²) in [6.07, 6.45) is 3.13. The first-order valence-corrected chi connectivity index (χ1v) is 14.3. The minimum absolute atomic E-state index is 0.00800. The van der Waals surface area contributed by atoms with Gasteiger partial charge in [0.05, 0.1) is 19.3 Å². The summed E-state index contributed by atoms with van der Waals surface area (Å²) in [5, 5.41) is 0. The van der Waals surface area contributed by atoms with E-state index in [1.807, 2.05) is 112 Å². The third kappa shape index (κ3) is 9.74. The Morgan fingerprint density at radius 1 is 0.800 bits per heavy atom. The summed E-state index contributed by atoms with van der Waals surface area (Å²) >= 11 is 0. The molecule has 6 nitrogen and oxygen atoms in total. The number of hydrogen-bond donors (Lipinski definition) is 0. The first-order chi connectivity index (χ1) is 19.3. The lowest BCUT2D eigenvalue weighted by molar-refractivity contribution is -0.143. The molecule has 0 radical (unpaired) electrons. The largest absolute Gasteiger partial charge is 0.494 e. The summed E-state index contributed by atoms with van der Waals surface area (Å²) in [4.78, 5) is 26.8. The van der Waals surface area contributed by atoms with Crippen molar-refractivity contribution in [3.8, 4) is 22.6 Å². The number of hydrogen-bond acceptors (Lipinski definition) is 5. The van der Waals surface area contributed by atoms with Gasteiger partial charge in [-0.05, 0) is 107 Å². The van der Waals surface area contributed by atoms with Crippen molar-refractivity contribution in [2.75, 3.05) is 13.2 Å². The van der Waals surface area contributed by atoms with Gasteiger partial charge in [-0.15, -0.1) is 0 Å². The second-order valence-corrected chi connectivity index (χ2v) is 10.4. The van der Waals surface area contributed by atoms with Crippen LogP contribution in [0.1, 0.15) is 76.2 Å². The van der Waals surface area contributed by atoms with Crippen molar-refractivity contribution in [1.82, 2.24) is 4.90 Å². The molecule has 0 N–H and O–H groups in total. The Labute approximate surface area is 239 Å². The Kier molecular flexibility index (Phi) is 12.1. The fraction of sp³-hybridized carbons (Fsp3) is 0.412. The predicted octanol–water partition coefficient (Wildman–Crippen LogP) is 7.69. The summed E-state index contributed by atoms with van der Waals surface area (Å²) < 4.78 is 16.7. The standard InChI is InChI=1S/C34H43NO5/c1-6-38-33(36)16-8-7-9-21-39-31-14-10-12-27(22-31)24-35(25(2)3)34(37)29-19-17-28(18-20-29)30-13-11-15-32(23-30)40-26(4)5/h10-15,17-20,22-23,25-26H,6-9,16,21,24H2,1-5H3. The molecule has 6 heteroatoms. The maximum Gasteiger partial charge on any atom is 0.305 e. The van der Waals surface area contributed by atoms with Crippen LogP contribution in [0.15, 0.2) is 72.8 Å². The van der Waals surface area contributed by atoms with Gasteiger partial charge >= 0.3 is 5.97 Å². The van der Waals surface area contributed by atoms with E-state index < -0.39 is 0 Å². The van der Waals surface area contributed by atoms with Crippen LogP contribution in [0.2, 0.25) is 0 Å². The normalized spacial score (nSPS) is 11.0. The molecule has 40 heavy (non-hydrogen) atoms. The van der Waals surface area contributed by atoms with Crippen LogP contribution in [0.3, 0.4) is 0 Å². The Morgan fingerprint density at radius 3 is 2.23 bits per heavy atom. The lowest BCUT2D eigenvalue weighted by Gasteiger charge is -2.27. The number of rotatable bonds is 15. The van der Waals surface area contributed by atoms with Gasteiger partial charge in [-0.1, -0.05) is 36.4 Å². The molecular weight excluding hydrogens is 502 g/mol. The molecule has 0 aromatic heterocycles. The van der Waals surface area contributed by atoms with Gasteiger partial charge in [0.2, 0.25) is 0 Å².